The van der Waals surface area contributed by atoms with Crippen molar-refractivity contribution in [1.29, 1.82) is 0 Å². The zero-order valence-electron chi connectivity index (χ0n) is 10.9. The molecule has 2 unspecified atom stereocenters. The molecule has 96 valence electrons. The smallest absolute Gasteiger partial charge is 0.0198 e. The first kappa shape index (κ1) is 13.9. The van der Waals surface area contributed by atoms with Gasteiger partial charge in [0.05, 0.1) is 0 Å². The Morgan fingerprint density at radius 1 is 0.938 bits per heavy atom. The summed E-state index contributed by atoms with van der Waals surface area (Å²) in [7, 11) is 0. The topological polar surface area (TPSA) is 58.5 Å². The van der Waals surface area contributed by atoms with Gasteiger partial charge in [0.15, 0.2) is 0 Å². The Bertz CT molecular complexity index is 174. The number of piperazine rings is 1. The van der Waals surface area contributed by atoms with E-state index in [0.29, 0.717) is 12.1 Å². The minimum Gasteiger partial charge on any atom is -0.330 e. The van der Waals surface area contributed by atoms with Gasteiger partial charge in [-0.3, -0.25) is 4.90 Å². The standard InChI is InChI=1S/C12H28N4/c1-11-9-15(7-3-5-13)10-12(2)16(11)8-4-6-14/h11-12H,3-10,13-14H2,1-2H3. The van der Waals surface area contributed by atoms with E-state index in [2.05, 4.69) is 23.6 Å². The zero-order chi connectivity index (χ0) is 12.0. The van der Waals surface area contributed by atoms with Crippen LogP contribution in [0.2, 0.25) is 0 Å². The Labute approximate surface area is 99.9 Å². The summed E-state index contributed by atoms with van der Waals surface area (Å²) in [6, 6.07) is 1.29. The summed E-state index contributed by atoms with van der Waals surface area (Å²) in [6.07, 6.45) is 2.22. The van der Waals surface area contributed by atoms with Crippen molar-refractivity contribution in [3.8, 4) is 0 Å². The van der Waals surface area contributed by atoms with Gasteiger partial charge in [0, 0.05) is 31.7 Å². The Morgan fingerprint density at radius 3 is 1.94 bits per heavy atom. The van der Waals surface area contributed by atoms with E-state index in [0.717, 1.165) is 39.0 Å². The monoisotopic (exact) mass is 228 g/mol. The average molecular weight is 228 g/mol. The molecular formula is C12H28N4. The maximum atomic E-state index is 5.58. The highest BCUT2D eigenvalue weighted by molar-refractivity contribution is 4.84. The third-order valence-electron chi connectivity index (χ3n) is 3.48. The summed E-state index contributed by atoms with van der Waals surface area (Å²) in [5, 5.41) is 0. The van der Waals surface area contributed by atoms with E-state index < -0.39 is 0 Å². The summed E-state index contributed by atoms with van der Waals surface area (Å²) in [4.78, 5) is 5.13. The van der Waals surface area contributed by atoms with Gasteiger partial charge in [-0.05, 0) is 46.3 Å². The molecule has 1 heterocycles. The molecule has 4 N–H and O–H groups in total. The van der Waals surface area contributed by atoms with Crippen LogP contribution in [0.25, 0.3) is 0 Å². The van der Waals surface area contributed by atoms with Gasteiger partial charge < -0.3 is 16.4 Å². The largest absolute Gasteiger partial charge is 0.330 e. The van der Waals surface area contributed by atoms with Gasteiger partial charge in [0.2, 0.25) is 0 Å². The molecule has 4 heteroatoms. The van der Waals surface area contributed by atoms with Crippen LogP contribution in [-0.4, -0.2) is 61.2 Å². The van der Waals surface area contributed by atoms with E-state index in [9.17, 15) is 0 Å². The van der Waals surface area contributed by atoms with Gasteiger partial charge in [-0.15, -0.1) is 0 Å². The first-order chi connectivity index (χ1) is 7.69. The third kappa shape index (κ3) is 4.01. The molecule has 2 atom stereocenters. The molecule has 0 aromatic heterocycles. The third-order valence-corrected chi connectivity index (χ3v) is 3.48. The fraction of sp³-hybridized carbons (Fsp3) is 1.00. The number of nitrogens with two attached hydrogens (primary N) is 2. The molecule has 0 saturated carbocycles. The van der Waals surface area contributed by atoms with Crippen LogP contribution in [0.3, 0.4) is 0 Å². The zero-order valence-corrected chi connectivity index (χ0v) is 10.9. The average Bonchev–Trinajstić information content (AvgIpc) is 2.25. The Kier molecular flexibility index (Phi) is 6.28. The highest BCUT2D eigenvalue weighted by Gasteiger charge is 2.28. The van der Waals surface area contributed by atoms with E-state index in [1.54, 1.807) is 0 Å². The van der Waals surface area contributed by atoms with E-state index >= 15 is 0 Å². The molecule has 16 heavy (non-hydrogen) atoms. The van der Waals surface area contributed by atoms with Crippen LogP contribution in [0, 0.1) is 0 Å². The van der Waals surface area contributed by atoms with E-state index in [4.69, 9.17) is 11.5 Å². The fourth-order valence-electron chi connectivity index (χ4n) is 2.68. The van der Waals surface area contributed by atoms with Crippen molar-refractivity contribution in [3.63, 3.8) is 0 Å². The van der Waals surface area contributed by atoms with Crippen LogP contribution in [0.5, 0.6) is 0 Å². The van der Waals surface area contributed by atoms with Gasteiger partial charge in [-0.2, -0.15) is 0 Å². The number of rotatable bonds is 6. The Balaban J connectivity index is 2.37. The van der Waals surface area contributed by atoms with Crippen molar-refractivity contribution in [2.45, 2.75) is 38.8 Å². The predicted molar refractivity (Wildman–Crippen MR) is 69.4 cm³/mol. The summed E-state index contributed by atoms with van der Waals surface area (Å²) < 4.78 is 0. The molecule has 0 amide bonds. The van der Waals surface area contributed by atoms with Gasteiger partial charge in [0.1, 0.15) is 0 Å². The lowest BCUT2D eigenvalue weighted by atomic mass is 10.1. The quantitative estimate of drug-likeness (QED) is 0.676. The molecular weight excluding hydrogens is 200 g/mol. The summed E-state index contributed by atoms with van der Waals surface area (Å²) >= 11 is 0. The molecule has 1 saturated heterocycles. The van der Waals surface area contributed by atoms with Crippen molar-refractivity contribution in [1.82, 2.24) is 9.80 Å². The molecule has 0 aromatic carbocycles. The lowest BCUT2D eigenvalue weighted by molar-refractivity contribution is 0.0385. The molecule has 1 fully saturated rings. The van der Waals surface area contributed by atoms with Gasteiger partial charge in [-0.1, -0.05) is 0 Å². The molecule has 4 nitrogen and oxygen atoms in total. The molecule has 0 radical (unpaired) electrons. The Morgan fingerprint density at radius 2 is 1.44 bits per heavy atom. The Hall–Kier alpha value is -0.160. The second-order valence-electron chi connectivity index (χ2n) is 4.98. The van der Waals surface area contributed by atoms with Gasteiger partial charge >= 0.3 is 0 Å². The summed E-state index contributed by atoms with van der Waals surface area (Å²) in [5.41, 5.74) is 11.1. The highest BCUT2D eigenvalue weighted by atomic mass is 15.3. The maximum absolute atomic E-state index is 5.58. The summed E-state index contributed by atoms with van der Waals surface area (Å²) in [6.45, 7) is 10.9. The van der Waals surface area contributed by atoms with Crippen LogP contribution >= 0.6 is 0 Å². The van der Waals surface area contributed by atoms with E-state index in [1.165, 1.54) is 13.1 Å². The van der Waals surface area contributed by atoms with Crippen molar-refractivity contribution in [3.05, 3.63) is 0 Å². The summed E-state index contributed by atoms with van der Waals surface area (Å²) in [5.74, 6) is 0. The van der Waals surface area contributed by atoms with Crippen LogP contribution in [0.15, 0.2) is 0 Å². The van der Waals surface area contributed by atoms with Crippen LogP contribution < -0.4 is 11.5 Å². The van der Waals surface area contributed by atoms with E-state index in [1.807, 2.05) is 0 Å². The van der Waals surface area contributed by atoms with E-state index in [-0.39, 0.29) is 0 Å². The lowest BCUT2D eigenvalue weighted by Crippen LogP contribution is -2.57. The number of hydrogen-bond acceptors (Lipinski definition) is 4. The lowest BCUT2D eigenvalue weighted by Gasteiger charge is -2.44. The maximum Gasteiger partial charge on any atom is 0.0198 e. The molecule has 1 aliphatic heterocycles. The molecule has 0 aromatic rings. The highest BCUT2D eigenvalue weighted by Crippen LogP contribution is 2.15. The minimum atomic E-state index is 0.646. The normalized spacial score (nSPS) is 28.5. The number of nitrogens with zero attached hydrogens (tertiary/aromatic N) is 2. The second kappa shape index (κ2) is 7.22. The molecule has 0 spiro atoms. The minimum absolute atomic E-state index is 0.646. The first-order valence-electron chi connectivity index (χ1n) is 6.57. The first-order valence-corrected chi connectivity index (χ1v) is 6.57. The van der Waals surface area contributed by atoms with Crippen molar-refractivity contribution in [2.75, 3.05) is 39.3 Å². The number of hydrogen-bond donors (Lipinski definition) is 2. The molecule has 1 rings (SSSR count). The van der Waals surface area contributed by atoms with Crippen LogP contribution in [0.1, 0.15) is 26.7 Å². The molecule has 0 bridgehead atoms. The van der Waals surface area contributed by atoms with Gasteiger partial charge in [-0.25, -0.2) is 0 Å². The molecule has 1 aliphatic rings. The van der Waals surface area contributed by atoms with Crippen LogP contribution in [0.4, 0.5) is 0 Å². The van der Waals surface area contributed by atoms with Crippen molar-refractivity contribution < 1.29 is 0 Å². The fourth-order valence-corrected chi connectivity index (χ4v) is 2.68. The van der Waals surface area contributed by atoms with Gasteiger partial charge in [0.25, 0.3) is 0 Å². The van der Waals surface area contributed by atoms with Crippen LogP contribution in [-0.2, 0) is 0 Å². The molecule has 0 aliphatic carbocycles. The van der Waals surface area contributed by atoms with Crippen molar-refractivity contribution >= 4 is 0 Å². The predicted octanol–water partition coefficient (Wildman–Crippen LogP) is 0.0786. The second-order valence-corrected chi connectivity index (χ2v) is 4.98. The SMILES string of the molecule is CC1CN(CCCN)CC(C)N1CCCN. The van der Waals surface area contributed by atoms with Crippen molar-refractivity contribution in [2.24, 2.45) is 11.5 Å².